The molecule has 4 nitrogen and oxygen atoms in total. The van der Waals surface area contributed by atoms with Crippen molar-refractivity contribution < 1.29 is 69.1 Å². The maximum Gasteiger partial charge on any atom is 1.00 e. The number of carbonyl (C=O) groups excluding carboxylic acids is 1. The van der Waals surface area contributed by atoms with E-state index in [1.807, 2.05) is 0 Å². The predicted molar refractivity (Wildman–Crippen MR) is 61.9 cm³/mol. The molecule has 0 N–H and O–H groups in total. The van der Waals surface area contributed by atoms with Crippen LogP contribution in [0.15, 0.2) is 0 Å². The van der Waals surface area contributed by atoms with Gasteiger partial charge in [-0.1, -0.05) is 51.9 Å². The minimum atomic E-state index is -4.70. The summed E-state index contributed by atoms with van der Waals surface area (Å²) in [4.78, 5) is 10.7. The van der Waals surface area contributed by atoms with Crippen molar-refractivity contribution in [3.05, 3.63) is 0 Å². The summed E-state index contributed by atoms with van der Waals surface area (Å²) in [7, 11) is -4.70. The fraction of sp³-hybridized carbons (Fsp3) is 0.909. The molecule has 0 unspecified atom stereocenters. The topological polar surface area (TPSA) is 74.3 Å². The number of hydrogen-bond donors (Lipinski definition) is 0. The van der Waals surface area contributed by atoms with Gasteiger partial charge in [-0.25, -0.2) is 8.42 Å². The van der Waals surface area contributed by atoms with Gasteiger partial charge in [0.05, 0.1) is 0 Å². The van der Waals surface area contributed by atoms with Crippen molar-refractivity contribution in [2.45, 2.75) is 64.7 Å². The summed E-state index contributed by atoms with van der Waals surface area (Å²) in [6.45, 7) is 2.16. The molecule has 0 fully saturated rings. The van der Waals surface area contributed by atoms with Gasteiger partial charge in [-0.15, -0.1) is 0 Å². The molecule has 0 saturated heterocycles. The van der Waals surface area contributed by atoms with Crippen molar-refractivity contribution in [2.24, 2.45) is 0 Å². The van der Waals surface area contributed by atoms with E-state index in [9.17, 15) is 17.8 Å². The Kier molecular flexibility index (Phi) is 14.8. The summed E-state index contributed by atoms with van der Waals surface area (Å²) >= 11 is 0. The monoisotopic (exact) mass is 288 g/mol. The number of unbranched alkanes of at least 4 members (excludes halogenated alkanes) is 7. The van der Waals surface area contributed by atoms with Crippen molar-refractivity contribution in [1.29, 1.82) is 0 Å². The summed E-state index contributed by atoms with van der Waals surface area (Å²) in [6.07, 6.45) is 8.26. The van der Waals surface area contributed by atoms with Gasteiger partial charge in [0, 0.05) is 6.42 Å². The zero-order chi connectivity index (χ0) is 12.4. The van der Waals surface area contributed by atoms with E-state index < -0.39 is 15.2 Å². The van der Waals surface area contributed by atoms with Crippen LogP contribution >= 0.6 is 0 Å². The second-order valence-corrected chi connectivity index (χ2v) is 5.41. The first-order chi connectivity index (χ1) is 7.48. The van der Waals surface area contributed by atoms with Crippen LogP contribution in [-0.2, 0) is 14.9 Å². The van der Waals surface area contributed by atoms with Gasteiger partial charge in [0.25, 0.3) is 0 Å². The number of rotatable bonds is 9. The van der Waals surface area contributed by atoms with Gasteiger partial charge in [-0.05, 0) is 6.42 Å². The molecular formula is C11H21KO4S. The third-order valence-corrected chi connectivity index (χ3v) is 3.28. The quantitative estimate of drug-likeness (QED) is 0.328. The molecule has 0 aromatic rings. The zero-order valence-corrected chi connectivity index (χ0v) is 14.8. The standard InChI is InChI=1S/C11H22O4S.K/c1-2-3-4-5-6-7-8-9-10-11(12)16(13,14)15;/h2-10H2,1H3,(H,13,14,15);/q;+1/p-1. The SMILES string of the molecule is CCCCCCCCCCC(=O)S(=O)(=O)[O-].[K+]. The van der Waals surface area contributed by atoms with E-state index in [0.717, 1.165) is 19.3 Å². The average molecular weight is 288 g/mol. The Balaban J connectivity index is 0. The van der Waals surface area contributed by atoms with Crippen molar-refractivity contribution in [3.63, 3.8) is 0 Å². The smallest absolute Gasteiger partial charge is 0.742 e. The Labute approximate surface area is 147 Å². The average Bonchev–Trinajstić information content (AvgIpc) is 2.20. The first kappa shape index (κ1) is 20.5. The van der Waals surface area contributed by atoms with E-state index in [4.69, 9.17) is 0 Å². The van der Waals surface area contributed by atoms with Gasteiger partial charge < -0.3 is 4.55 Å². The molecule has 96 valence electrons. The molecule has 0 bridgehead atoms. The molecule has 0 radical (unpaired) electrons. The third-order valence-electron chi connectivity index (χ3n) is 2.51. The van der Waals surface area contributed by atoms with Crippen molar-refractivity contribution >= 4 is 15.2 Å². The Bertz CT molecular complexity index is 288. The van der Waals surface area contributed by atoms with Crippen molar-refractivity contribution in [1.82, 2.24) is 0 Å². The largest absolute Gasteiger partial charge is 1.00 e. The zero-order valence-electron chi connectivity index (χ0n) is 10.9. The van der Waals surface area contributed by atoms with Gasteiger partial charge in [-0.2, -0.15) is 0 Å². The van der Waals surface area contributed by atoms with Crippen molar-refractivity contribution in [2.75, 3.05) is 0 Å². The molecule has 0 amide bonds. The minimum absolute atomic E-state index is 0. The number of hydrogen-bond acceptors (Lipinski definition) is 4. The second-order valence-electron chi connectivity index (χ2n) is 4.05. The predicted octanol–water partition coefficient (Wildman–Crippen LogP) is -0.407. The van der Waals surface area contributed by atoms with Crippen LogP contribution in [0.1, 0.15) is 64.7 Å². The summed E-state index contributed by atoms with van der Waals surface area (Å²) < 4.78 is 30.8. The van der Waals surface area contributed by atoms with E-state index >= 15 is 0 Å². The molecule has 17 heavy (non-hydrogen) atoms. The molecule has 0 aliphatic heterocycles. The Morgan fingerprint density at radius 2 is 1.35 bits per heavy atom. The molecule has 0 rings (SSSR count). The van der Waals surface area contributed by atoms with Gasteiger partial charge >= 0.3 is 51.4 Å². The molecule has 0 aliphatic rings. The van der Waals surface area contributed by atoms with Crippen LogP contribution in [-0.4, -0.2) is 18.1 Å². The van der Waals surface area contributed by atoms with Crippen LogP contribution < -0.4 is 51.4 Å². The van der Waals surface area contributed by atoms with Gasteiger partial charge in [0.1, 0.15) is 0 Å². The fourth-order valence-corrected chi connectivity index (χ4v) is 1.92. The van der Waals surface area contributed by atoms with Crippen LogP contribution in [0.25, 0.3) is 0 Å². The van der Waals surface area contributed by atoms with E-state index in [2.05, 4.69) is 6.92 Å². The maximum atomic E-state index is 10.7. The van der Waals surface area contributed by atoms with E-state index in [-0.39, 0.29) is 57.8 Å². The maximum absolute atomic E-state index is 10.7. The molecule has 0 aromatic carbocycles. The normalized spacial score (nSPS) is 10.9. The molecular weight excluding hydrogens is 267 g/mol. The summed E-state index contributed by atoms with van der Waals surface area (Å²) in [6, 6.07) is 0. The van der Waals surface area contributed by atoms with Crippen LogP contribution in [0, 0.1) is 0 Å². The first-order valence-corrected chi connectivity index (χ1v) is 7.38. The molecule has 0 heterocycles. The molecule has 0 spiro atoms. The third kappa shape index (κ3) is 13.4. The summed E-state index contributed by atoms with van der Waals surface area (Å²) in [5.74, 6) is 0. The van der Waals surface area contributed by atoms with Crippen molar-refractivity contribution in [3.8, 4) is 0 Å². The molecule has 0 atom stereocenters. The van der Waals surface area contributed by atoms with Crippen LogP contribution in [0.2, 0.25) is 0 Å². The van der Waals surface area contributed by atoms with Gasteiger partial charge in [0.2, 0.25) is 5.12 Å². The van der Waals surface area contributed by atoms with E-state index in [0.29, 0.717) is 6.42 Å². The Morgan fingerprint density at radius 1 is 0.941 bits per heavy atom. The minimum Gasteiger partial charge on any atom is -0.742 e. The Morgan fingerprint density at radius 3 is 1.76 bits per heavy atom. The van der Waals surface area contributed by atoms with E-state index in [1.54, 1.807) is 0 Å². The first-order valence-electron chi connectivity index (χ1n) is 5.97. The molecule has 0 saturated carbocycles. The number of carbonyl (C=O) groups is 1. The summed E-state index contributed by atoms with van der Waals surface area (Å²) in [5.41, 5.74) is 0. The van der Waals surface area contributed by atoms with E-state index in [1.165, 1.54) is 25.7 Å². The fourth-order valence-electron chi connectivity index (χ4n) is 1.53. The van der Waals surface area contributed by atoms with Gasteiger partial charge in [0.15, 0.2) is 10.1 Å². The second kappa shape index (κ2) is 12.3. The molecule has 0 aromatic heterocycles. The van der Waals surface area contributed by atoms with Gasteiger partial charge in [-0.3, -0.25) is 4.79 Å². The molecule has 0 aliphatic carbocycles. The van der Waals surface area contributed by atoms with Crippen LogP contribution in [0.3, 0.4) is 0 Å². The molecule has 6 heteroatoms. The van der Waals surface area contributed by atoms with Crippen LogP contribution in [0.4, 0.5) is 0 Å². The Hall–Kier alpha value is 1.22. The van der Waals surface area contributed by atoms with Crippen LogP contribution in [0.5, 0.6) is 0 Å². The summed E-state index contributed by atoms with van der Waals surface area (Å²) in [5, 5.41) is -1.17.